The summed E-state index contributed by atoms with van der Waals surface area (Å²) >= 11 is 1.80. The van der Waals surface area contributed by atoms with Crippen LogP contribution in [0.1, 0.15) is 33.1 Å². The van der Waals surface area contributed by atoms with Crippen molar-refractivity contribution in [3.8, 4) is 0 Å². The van der Waals surface area contributed by atoms with Crippen LogP contribution in [0.5, 0.6) is 0 Å². The molecule has 0 atom stereocenters. The third kappa shape index (κ3) is 3.18. The molecule has 1 fully saturated rings. The van der Waals surface area contributed by atoms with Crippen molar-refractivity contribution >= 4 is 17.5 Å². The molecule has 1 rings (SSSR count). The molecule has 12 heavy (non-hydrogen) atoms. The minimum absolute atomic E-state index is 0.435. The topological polar surface area (TPSA) is 17.1 Å². The number of hydrogen-bond acceptors (Lipinski definition) is 2. The van der Waals surface area contributed by atoms with E-state index in [1.54, 1.807) is 11.8 Å². The molecule has 0 N–H and O–H groups in total. The Hall–Kier alpha value is 0.0200. The molecule has 0 aromatic carbocycles. The van der Waals surface area contributed by atoms with Gasteiger partial charge in [-0.3, -0.25) is 4.79 Å². The van der Waals surface area contributed by atoms with Crippen molar-refractivity contribution in [1.82, 2.24) is 0 Å². The summed E-state index contributed by atoms with van der Waals surface area (Å²) in [4.78, 5) is 11.4. The second-order valence-corrected chi connectivity index (χ2v) is 5.03. The molecule has 1 saturated carbocycles. The lowest BCUT2D eigenvalue weighted by molar-refractivity contribution is -0.122. The summed E-state index contributed by atoms with van der Waals surface area (Å²) in [7, 11) is 0. The first-order valence-corrected chi connectivity index (χ1v) is 5.96. The molecule has 1 aliphatic rings. The standard InChI is InChI=1S/C10H18OS/c1-8(2)6-12-7-10(11)9-4-3-5-9/h8-9H,3-7H2,1-2H3. The van der Waals surface area contributed by atoms with Crippen LogP contribution in [0.15, 0.2) is 0 Å². The minimum atomic E-state index is 0.435. The van der Waals surface area contributed by atoms with Crippen LogP contribution in [0.25, 0.3) is 0 Å². The predicted octanol–water partition coefficient (Wildman–Crippen LogP) is 2.74. The number of carbonyl (C=O) groups is 1. The summed E-state index contributed by atoms with van der Waals surface area (Å²) in [6.07, 6.45) is 3.58. The normalized spacial score (nSPS) is 17.9. The van der Waals surface area contributed by atoms with Gasteiger partial charge in [0.05, 0.1) is 5.75 Å². The van der Waals surface area contributed by atoms with Crippen LogP contribution < -0.4 is 0 Å². The third-order valence-corrected chi connectivity index (χ3v) is 3.65. The van der Waals surface area contributed by atoms with Gasteiger partial charge in [0.15, 0.2) is 0 Å². The Morgan fingerprint density at radius 1 is 1.50 bits per heavy atom. The van der Waals surface area contributed by atoms with Gasteiger partial charge in [-0.2, -0.15) is 11.8 Å². The van der Waals surface area contributed by atoms with Crippen molar-refractivity contribution in [2.45, 2.75) is 33.1 Å². The first kappa shape index (κ1) is 10.1. The fraction of sp³-hybridized carbons (Fsp3) is 0.900. The largest absolute Gasteiger partial charge is 0.298 e. The number of ketones is 1. The van der Waals surface area contributed by atoms with Crippen LogP contribution in [-0.4, -0.2) is 17.3 Å². The van der Waals surface area contributed by atoms with Gasteiger partial charge in [-0.25, -0.2) is 0 Å². The second-order valence-electron chi connectivity index (χ2n) is 4.00. The Kier molecular flexibility index (Phi) is 4.13. The molecule has 0 radical (unpaired) electrons. The van der Waals surface area contributed by atoms with E-state index in [2.05, 4.69) is 13.8 Å². The van der Waals surface area contributed by atoms with Crippen LogP contribution in [0.2, 0.25) is 0 Å². The smallest absolute Gasteiger partial charge is 0.145 e. The van der Waals surface area contributed by atoms with Gasteiger partial charge in [-0.05, 0) is 24.5 Å². The van der Waals surface area contributed by atoms with Gasteiger partial charge >= 0.3 is 0 Å². The average Bonchev–Trinajstić information content (AvgIpc) is 1.81. The van der Waals surface area contributed by atoms with Crippen LogP contribution in [0.3, 0.4) is 0 Å². The van der Waals surface area contributed by atoms with Gasteiger partial charge in [0, 0.05) is 5.92 Å². The van der Waals surface area contributed by atoms with Crippen molar-refractivity contribution < 1.29 is 4.79 Å². The SMILES string of the molecule is CC(C)CSCC(=O)C1CCC1. The lowest BCUT2D eigenvalue weighted by atomic mass is 9.83. The van der Waals surface area contributed by atoms with Crippen LogP contribution in [0.4, 0.5) is 0 Å². The number of thioether (sulfide) groups is 1. The number of carbonyl (C=O) groups excluding carboxylic acids is 1. The lowest BCUT2D eigenvalue weighted by Gasteiger charge is -2.23. The van der Waals surface area contributed by atoms with Crippen molar-refractivity contribution in [3.63, 3.8) is 0 Å². The summed E-state index contributed by atoms with van der Waals surface area (Å²) in [5, 5.41) is 0. The van der Waals surface area contributed by atoms with Crippen molar-refractivity contribution in [1.29, 1.82) is 0 Å². The molecule has 0 aromatic rings. The first-order valence-electron chi connectivity index (χ1n) is 4.80. The van der Waals surface area contributed by atoms with E-state index in [-0.39, 0.29) is 0 Å². The summed E-state index contributed by atoms with van der Waals surface area (Å²) in [6, 6.07) is 0. The van der Waals surface area contributed by atoms with Gasteiger partial charge in [0.25, 0.3) is 0 Å². The highest BCUT2D eigenvalue weighted by molar-refractivity contribution is 7.99. The molecular formula is C10H18OS. The van der Waals surface area contributed by atoms with Crippen molar-refractivity contribution in [2.75, 3.05) is 11.5 Å². The second kappa shape index (κ2) is 4.90. The molecule has 0 heterocycles. The number of rotatable bonds is 5. The van der Waals surface area contributed by atoms with Crippen LogP contribution in [0, 0.1) is 11.8 Å². The van der Waals surface area contributed by atoms with Gasteiger partial charge in [-0.1, -0.05) is 20.3 Å². The summed E-state index contributed by atoms with van der Waals surface area (Å²) in [6.45, 7) is 4.39. The Morgan fingerprint density at radius 2 is 2.17 bits per heavy atom. The Bertz CT molecular complexity index is 150. The van der Waals surface area contributed by atoms with Crippen LogP contribution >= 0.6 is 11.8 Å². The summed E-state index contributed by atoms with van der Waals surface area (Å²) in [5.41, 5.74) is 0. The van der Waals surface area contributed by atoms with Gasteiger partial charge in [-0.15, -0.1) is 0 Å². The molecule has 0 amide bonds. The van der Waals surface area contributed by atoms with E-state index in [9.17, 15) is 4.79 Å². The zero-order valence-corrected chi connectivity index (χ0v) is 8.82. The van der Waals surface area contributed by atoms with Crippen molar-refractivity contribution in [3.05, 3.63) is 0 Å². The molecule has 0 spiro atoms. The first-order chi connectivity index (χ1) is 5.70. The summed E-state index contributed by atoms with van der Waals surface area (Å²) < 4.78 is 0. The minimum Gasteiger partial charge on any atom is -0.298 e. The monoisotopic (exact) mass is 186 g/mol. The lowest BCUT2D eigenvalue weighted by Crippen LogP contribution is -2.23. The van der Waals surface area contributed by atoms with E-state index in [1.807, 2.05) is 0 Å². The summed E-state index contributed by atoms with van der Waals surface area (Å²) in [5.74, 6) is 3.52. The molecule has 0 aromatic heterocycles. The zero-order valence-electron chi connectivity index (χ0n) is 8.01. The molecular weight excluding hydrogens is 168 g/mol. The van der Waals surface area contributed by atoms with Crippen molar-refractivity contribution in [2.24, 2.45) is 11.8 Å². The molecule has 1 aliphatic carbocycles. The Morgan fingerprint density at radius 3 is 2.58 bits per heavy atom. The van der Waals surface area contributed by atoms with E-state index in [0.717, 1.165) is 24.3 Å². The van der Waals surface area contributed by atoms with Crippen LogP contribution in [-0.2, 0) is 4.79 Å². The zero-order chi connectivity index (χ0) is 8.97. The average molecular weight is 186 g/mol. The fourth-order valence-electron chi connectivity index (χ4n) is 1.24. The van der Waals surface area contributed by atoms with E-state index >= 15 is 0 Å². The predicted molar refractivity (Wildman–Crippen MR) is 54.5 cm³/mol. The maximum atomic E-state index is 11.4. The number of Topliss-reactive ketones (excluding diaryl/α,β-unsaturated/α-hetero) is 1. The van der Waals surface area contributed by atoms with Gasteiger partial charge < -0.3 is 0 Å². The Labute approximate surface area is 79.3 Å². The molecule has 0 unspecified atom stereocenters. The molecule has 2 heteroatoms. The fourth-order valence-corrected chi connectivity index (χ4v) is 2.27. The van der Waals surface area contributed by atoms with E-state index < -0.39 is 0 Å². The maximum Gasteiger partial charge on any atom is 0.145 e. The van der Waals surface area contributed by atoms with E-state index in [4.69, 9.17) is 0 Å². The molecule has 0 saturated heterocycles. The third-order valence-electron chi connectivity index (χ3n) is 2.26. The molecule has 0 bridgehead atoms. The van der Waals surface area contributed by atoms with E-state index in [1.165, 1.54) is 6.42 Å². The Balaban J connectivity index is 2.02. The van der Waals surface area contributed by atoms with E-state index in [0.29, 0.717) is 17.6 Å². The van der Waals surface area contributed by atoms with Gasteiger partial charge in [0.2, 0.25) is 0 Å². The molecule has 0 aliphatic heterocycles. The highest BCUT2D eigenvalue weighted by Crippen LogP contribution is 2.28. The molecule has 1 nitrogen and oxygen atoms in total. The quantitative estimate of drug-likeness (QED) is 0.656. The number of hydrogen-bond donors (Lipinski definition) is 0. The highest BCUT2D eigenvalue weighted by atomic mass is 32.2. The maximum absolute atomic E-state index is 11.4. The van der Waals surface area contributed by atoms with Gasteiger partial charge in [0.1, 0.15) is 5.78 Å². The highest BCUT2D eigenvalue weighted by Gasteiger charge is 2.24. The molecule has 70 valence electrons.